The van der Waals surface area contributed by atoms with Gasteiger partial charge in [0.2, 0.25) is 11.8 Å². The first kappa shape index (κ1) is 19.1. The van der Waals surface area contributed by atoms with Crippen molar-refractivity contribution < 1.29 is 14.0 Å². The molecule has 0 heterocycles. The molecule has 0 radical (unpaired) electrons. The molecule has 20 heavy (non-hydrogen) atoms. The van der Waals surface area contributed by atoms with Crippen molar-refractivity contribution in [1.82, 2.24) is 5.32 Å². The summed E-state index contributed by atoms with van der Waals surface area (Å²) in [5, 5.41) is 2.78. The minimum atomic E-state index is -1.83. The van der Waals surface area contributed by atoms with Gasteiger partial charge in [0.25, 0.3) is 0 Å². The molecule has 0 aromatic carbocycles. The summed E-state index contributed by atoms with van der Waals surface area (Å²) < 4.78 is 6.00. The van der Waals surface area contributed by atoms with E-state index in [1.54, 1.807) is 13.8 Å². The highest BCUT2D eigenvalue weighted by molar-refractivity contribution is 6.74. The first-order chi connectivity index (χ1) is 8.88. The van der Waals surface area contributed by atoms with Crippen LogP contribution in [0.15, 0.2) is 0 Å². The summed E-state index contributed by atoms with van der Waals surface area (Å²) in [7, 11) is -1.83. The molecule has 2 amide bonds. The molecule has 5 nitrogen and oxygen atoms in total. The lowest BCUT2D eigenvalue weighted by atomic mass is 10.1. The fourth-order valence-corrected chi connectivity index (χ4v) is 2.33. The second kappa shape index (κ2) is 7.22. The number of primary amides is 1. The van der Waals surface area contributed by atoms with Gasteiger partial charge in [-0.05, 0) is 24.6 Å². The summed E-state index contributed by atoms with van der Waals surface area (Å²) >= 11 is 0. The minimum Gasteiger partial charge on any atom is -0.417 e. The van der Waals surface area contributed by atoms with Crippen molar-refractivity contribution in [3.63, 3.8) is 0 Å². The molecule has 1 atom stereocenters. The first-order valence-corrected chi connectivity index (χ1v) is 10.0. The van der Waals surface area contributed by atoms with Gasteiger partial charge in [-0.15, -0.1) is 0 Å². The van der Waals surface area contributed by atoms with Crippen molar-refractivity contribution in [2.24, 2.45) is 11.7 Å². The van der Waals surface area contributed by atoms with Crippen LogP contribution in [0.25, 0.3) is 0 Å². The number of hydrogen-bond donors (Lipinski definition) is 2. The van der Waals surface area contributed by atoms with E-state index in [4.69, 9.17) is 10.2 Å². The van der Waals surface area contributed by atoms with E-state index in [2.05, 4.69) is 39.2 Å². The van der Waals surface area contributed by atoms with Crippen LogP contribution in [-0.2, 0) is 14.0 Å². The van der Waals surface area contributed by atoms with Crippen LogP contribution >= 0.6 is 0 Å². The summed E-state index contributed by atoms with van der Waals surface area (Å²) in [4.78, 5) is 23.0. The number of nitrogens with two attached hydrogens (primary N) is 1. The van der Waals surface area contributed by atoms with Gasteiger partial charge in [0, 0.05) is 12.5 Å². The second-order valence-corrected chi connectivity index (χ2v) is 11.8. The summed E-state index contributed by atoms with van der Waals surface area (Å²) in [5.74, 6) is -0.850. The zero-order chi connectivity index (χ0) is 16.1. The predicted octanol–water partition coefficient (Wildman–Crippen LogP) is 2.02. The van der Waals surface area contributed by atoms with E-state index in [-0.39, 0.29) is 16.9 Å². The number of rotatable bonds is 7. The lowest BCUT2D eigenvalue weighted by molar-refractivity contribution is -0.129. The standard InChI is InChI=1S/C14H30N2O3Si/c1-10(2)13(18)16-11(12(15)17)8-9-19-20(6,7)14(3,4)5/h10-11H,8-9H2,1-7H3,(H2,15,17)(H,16,18)/t11-/m0/s1. The average Bonchev–Trinajstić information content (AvgIpc) is 2.25. The van der Waals surface area contributed by atoms with E-state index < -0.39 is 20.3 Å². The molecule has 0 saturated carbocycles. The minimum absolute atomic E-state index is 0.121. The molecule has 0 unspecified atom stereocenters. The van der Waals surface area contributed by atoms with Crippen LogP contribution in [0, 0.1) is 5.92 Å². The maximum atomic E-state index is 11.6. The van der Waals surface area contributed by atoms with Crippen LogP contribution in [0.4, 0.5) is 0 Å². The zero-order valence-electron chi connectivity index (χ0n) is 13.9. The third kappa shape index (κ3) is 6.05. The van der Waals surface area contributed by atoms with Crippen molar-refractivity contribution in [2.45, 2.75) is 65.2 Å². The number of carbonyl (C=O) groups excluding carboxylic acids is 2. The largest absolute Gasteiger partial charge is 0.417 e. The molecular weight excluding hydrogens is 272 g/mol. The van der Waals surface area contributed by atoms with Gasteiger partial charge in [0.05, 0.1) is 0 Å². The van der Waals surface area contributed by atoms with E-state index >= 15 is 0 Å². The van der Waals surface area contributed by atoms with Crippen molar-refractivity contribution in [3.8, 4) is 0 Å². The third-order valence-electron chi connectivity index (χ3n) is 3.86. The molecule has 0 fully saturated rings. The Bertz CT molecular complexity index is 349. The van der Waals surface area contributed by atoms with Crippen LogP contribution in [0.1, 0.15) is 41.0 Å². The SMILES string of the molecule is CC(C)C(=O)N[C@@H](CCO[Si](C)(C)C(C)(C)C)C(N)=O. The molecule has 3 N–H and O–H groups in total. The molecule has 0 aromatic rings. The van der Waals surface area contributed by atoms with Crippen LogP contribution in [-0.4, -0.2) is 32.8 Å². The maximum Gasteiger partial charge on any atom is 0.240 e. The lowest BCUT2D eigenvalue weighted by Crippen LogP contribution is -2.47. The van der Waals surface area contributed by atoms with Crippen molar-refractivity contribution in [1.29, 1.82) is 0 Å². The van der Waals surface area contributed by atoms with Crippen LogP contribution in [0.2, 0.25) is 18.1 Å². The number of nitrogens with one attached hydrogen (secondary N) is 1. The predicted molar refractivity (Wildman–Crippen MR) is 83.7 cm³/mol. The molecule has 0 aliphatic carbocycles. The van der Waals surface area contributed by atoms with Gasteiger partial charge in [-0.3, -0.25) is 9.59 Å². The monoisotopic (exact) mass is 302 g/mol. The van der Waals surface area contributed by atoms with Gasteiger partial charge in [-0.25, -0.2) is 0 Å². The highest BCUT2D eigenvalue weighted by Gasteiger charge is 2.37. The molecule has 6 heteroatoms. The summed E-state index contributed by atoms with van der Waals surface area (Å²) in [6.07, 6.45) is 0.417. The van der Waals surface area contributed by atoms with E-state index in [0.717, 1.165) is 0 Å². The molecule has 0 bridgehead atoms. The van der Waals surface area contributed by atoms with Crippen LogP contribution in [0.3, 0.4) is 0 Å². The Labute approximate surface area is 123 Å². The molecule has 118 valence electrons. The molecule has 0 rings (SSSR count). The fraction of sp³-hybridized carbons (Fsp3) is 0.857. The molecular formula is C14H30N2O3Si. The Hall–Kier alpha value is -0.883. The third-order valence-corrected chi connectivity index (χ3v) is 8.40. The van der Waals surface area contributed by atoms with E-state index in [0.29, 0.717) is 13.0 Å². The average molecular weight is 302 g/mol. The highest BCUT2D eigenvalue weighted by atomic mass is 28.4. The lowest BCUT2D eigenvalue weighted by Gasteiger charge is -2.36. The van der Waals surface area contributed by atoms with Crippen molar-refractivity contribution in [3.05, 3.63) is 0 Å². The zero-order valence-corrected chi connectivity index (χ0v) is 14.9. The molecule has 0 aliphatic rings. The Balaban J connectivity index is 4.44. The Morgan fingerprint density at radius 2 is 1.75 bits per heavy atom. The fourth-order valence-electron chi connectivity index (χ4n) is 1.27. The first-order valence-electron chi connectivity index (χ1n) is 7.12. The molecule has 0 aliphatic heterocycles. The smallest absolute Gasteiger partial charge is 0.240 e. The summed E-state index contributed by atoms with van der Waals surface area (Å²) in [6.45, 7) is 14.8. The Kier molecular flexibility index (Phi) is 6.90. The molecule has 0 spiro atoms. The van der Waals surface area contributed by atoms with Crippen molar-refractivity contribution in [2.75, 3.05) is 6.61 Å². The molecule has 0 saturated heterocycles. The number of hydrogen-bond acceptors (Lipinski definition) is 3. The van der Waals surface area contributed by atoms with Gasteiger partial charge in [0.15, 0.2) is 8.32 Å². The summed E-state index contributed by atoms with van der Waals surface area (Å²) in [5.41, 5.74) is 5.32. The number of carbonyl (C=O) groups is 2. The van der Waals surface area contributed by atoms with Gasteiger partial charge in [0.1, 0.15) is 6.04 Å². The van der Waals surface area contributed by atoms with Crippen LogP contribution in [0.5, 0.6) is 0 Å². The quantitative estimate of drug-likeness (QED) is 0.706. The number of amides is 2. The normalized spacial score (nSPS) is 14.2. The topological polar surface area (TPSA) is 81.4 Å². The van der Waals surface area contributed by atoms with Gasteiger partial charge < -0.3 is 15.5 Å². The Morgan fingerprint density at radius 3 is 2.10 bits per heavy atom. The summed E-state index contributed by atoms with van der Waals surface area (Å²) in [6, 6.07) is -0.658. The van der Waals surface area contributed by atoms with Gasteiger partial charge >= 0.3 is 0 Å². The highest BCUT2D eigenvalue weighted by Crippen LogP contribution is 2.36. The van der Waals surface area contributed by atoms with Gasteiger partial charge in [-0.2, -0.15) is 0 Å². The Morgan fingerprint density at radius 1 is 1.25 bits per heavy atom. The van der Waals surface area contributed by atoms with Gasteiger partial charge in [-0.1, -0.05) is 34.6 Å². The maximum absolute atomic E-state index is 11.6. The van der Waals surface area contributed by atoms with E-state index in [1.807, 2.05) is 0 Å². The second-order valence-electron chi connectivity index (χ2n) is 7.02. The van der Waals surface area contributed by atoms with Crippen LogP contribution < -0.4 is 11.1 Å². The molecule has 0 aromatic heterocycles. The van der Waals surface area contributed by atoms with Crippen molar-refractivity contribution >= 4 is 20.1 Å². The van der Waals surface area contributed by atoms with E-state index in [9.17, 15) is 9.59 Å². The van der Waals surface area contributed by atoms with E-state index in [1.165, 1.54) is 0 Å².